The van der Waals surface area contributed by atoms with Crippen LogP contribution >= 0.6 is 0 Å². The second-order valence-electron chi connectivity index (χ2n) is 11.0. The number of nitrogens with one attached hydrogen (secondary N) is 2. The average Bonchev–Trinajstić information content (AvgIpc) is 2.86. The van der Waals surface area contributed by atoms with Crippen molar-refractivity contribution in [2.45, 2.75) is 39.7 Å². The number of hydrogen-bond acceptors (Lipinski definition) is 6. The third-order valence-electron chi connectivity index (χ3n) is 6.60. The van der Waals surface area contributed by atoms with Crippen molar-refractivity contribution in [3.8, 4) is 11.1 Å². The number of benzene rings is 1. The highest BCUT2D eigenvalue weighted by Gasteiger charge is 2.19. The number of piperazine rings is 1. The first-order chi connectivity index (χ1) is 18.1. The zero-order chi connectivity index (χ0) is 27.3. The smallest absolute Gasteiger partial charge is 0.320 e. The van der Waals surface area contributed by atoms with Crippen molar-refractivity contribution < 1.29 is 9.59 Å². The number of likely N-dealkylation sites (N-methyl/N-ethyl adjacent to an activating group) is 1. The molecule has 1 fully saturated rings. The van der Waals surface area contributed by atoms with E-state index in [0.29, 0.717) is 23.7 Å². The summed E-state index contributed by atoms with van der Waals surface area (Å²) in [4.78, 5) is 41.3. The summed E-state index contributed by atoms with van der Waals surface area (Å²) < 4.78 is 0. The van der Waals surface area contributed by atoms with Gasteiger partial charge in [0, 0.05) is 68.4 Å². The van der Waals surface area contributed by atoms with Crippen LogP contribution in [0.25, 0.3) is 22.0 Å². The molecule has 1 aliphatic heterocycles. The van der Waals surface area contributed by atoms with Crippen molar-refractivity contribution in [3.05, 3.63) is 48.7 Å². The third-order valence-corrected chi connectivity index (χ3v) is 6.60. The van der Waals surface area contributed by atoms with Crippen molar-refractivity contribution in [1.29, 1.82) is 0 Å². The number of amides is 3. The average molecular weight is 518 g/mol. The van der Waals surface area contributed by atoms with Crippen LogP contribution in [0.15, 0.2) is 48.7 Å². The van der Waals surface area contributed by atoms with Crippen LogP contribution in [0, 0.1) is 0 Å². The molecule has 0 spiro atoms. The van der Waals surface area contributed by atoms with E-state index in [0.717, 1.165) is 55.7 Å². The third kappa shape index (κ3) is 7.26. The van der Waals surface area contributed by atoms with E-state index in [-0.39, 0.29) is 11.9 Å². The first-order valence-electron chi connectivity index (χ1n) is 13.2. The first-order valence-corrected chi connectivity index (χ1v) is 13.2. The van der Waals surface area contributed by atoms with E-state index >= 15 is 0 Å². The van der Waals surface area contributed by atoms with Gasteiger partial charge in [-0.05, 0) is 52.4 Å². The largest absolute Gasteiger partial charge is 0.333 e. The minimum atomic E-state index is -0.392. The number of hydrogen-bond donors (Lipinski definition) is 2. The minimum Gasteiger partial charge on any atom is -0.333 e. The number of nitrogens with zero attached hydrogens (tertiary/aromatic N) is 5. The molecule has 0 aliphatic carbocycles. The van der Waals surface area contributed by atoms with E-state index in [1.54, 1.807) is 18.0 Å². The van der Waals surface area contributed by atoms with E-state index in [9.17, 15) is 9.59 Å². The van der Waals surface area contributed by atoms with Gasteiger partial charge in [-0.2, -0.15) is 0 Å². The van der Waals surface area contributed by atoms with Crippen LogP contribution in [0.3, 0.4) is 0 Å². The predicted octanol–water partition coefficient (Wildman–Crippen LogP) is 4.21. The molecule has 0 unspecified atom stereocenters. The van der Waals surface area contributed by atoms with Gasteiger partial charge in [-0.3, -0.25) is 15.0 Å². The molecule has 4 rings (SSSR count). The molecule has 9 nitrogen and oxygen atoms in total. The van der Waals surface area contributed by atoms with Crippen molar-refractivity contribution in [2.75, 3.05) is 56.5 Å². The lowest BCUT2D eigenvalue weighted by atomic mass is 10.0. The molecule has 9 heteroatoms. The van der Waals surface area contributed by atoms with E-state index in [1.165, 1.54) is 0 Å². The molecule has 1 aromatic carbocycles. The fourth-order valence-corrected chi connectivity index (χ4v) is 4.57. The number of rotatable bonds is 7. The molecule has 0 radical (unpaired) electrons. The Morgan fingerprint density at radius 2 is 1.76 bits per heavy atom. The molecule has 2 N–H and O–H groups in total. The van der Waals surface area contributed by atoms with Crippen LogP contribution in [0.4, 0.5) is 16.4 Å². The molecule has 2 aromatic heterocycles. The molecule has 3 aromatic rings. The highest BCUT2D eigenvalue weighted by molar-refractivity contribution is 5.98. The van der Waals surface area contributed by atoms with Gasteiger partial charge in [0.15, 0.2) is 0 Å². The summed E-state index contributed by atoms with van der Waals surface area (Å²) in [6.45, 7) is 13.1. The molecule has 0 bridgehead atoms. The van der Waals surface area contributed by atoms with Gasteiger partial charge in [-0.1, -0.05) is 30.3 Å². The van der Waals surface area contributed by atoms with E-state index in [4.69, 9.17) is 4.98 Å². The fraction of sp³-hybridized carbons (Fsp3) is 0.448. The van der Waals surface area contributed by atoms with Gasteiger partial charge in [0.2, 0.25) is 5.91 Å². The van der Waals surface area contributed by atoms with Crippen molar-refractivity contribution in [2.24, 2.45) is 0 Å². The van der Waals surface area contributed by atoms with Crippen molar-refractivity contribution >= 4 is 34.5 Å². The summed E-state index contributed by atoms with van der Waals surface area (Å²) in [5.41, 5.74) is 2.00. The number of urea groups is 1. The first kappa shape index (κ1) is 27.5. The number of pyridine rings is 2. The summed E-state index contributed by atoms with van der Waals surface area (Å²) in [7, 11) is 2.15. The Morgan fingerprint density at radius 3 is 2.42 bits per heavy atom. The maximum absolute atomic E-state index is 12.7. The lowest BCUT2D eigenvalue weighted by Gasteiger charge is -2.32. The molecule has 3 amide bonds. The van der Waals surface area contributed by atoms with Gasteiger partial charge in [-0.25, -0.2) is 14.8 Å². The summed E-state index contributed by atoms with van der Waals surface area (Å²) in [6, 6.07) is 13.3. The molecule has 0 atom stereocenters. The Bertz CT molecular complexity index is 1270. The number of fused-ring (bicyclic) bond motifs is 1. The van der Waals surface area contributed by atoms with Gasteiger partial charge in [0.1, 0.15) is 11.6 Å². The van der Waals surface area contributed by atoms with Gasteiger partial charge in [-0.15, -0.1) is 0 Å². The standard InChI is InChI=1S/C29H39N7O2/c1-21(37)36(13-9-12-35-16-14-34(5)15-17-35)26-19-25-23(20-30-26)18-24(22-10-7-6-8-11-22)27(31-25)32-28(38)33-29(2,3)4/h6-8,10-11,18-20H,9,12-17H2,1-5H3,(H2,31,32,33,38). The quantitative estimate of drug-likeness (QED) is 0.488. The Kier molecular flexibility index (Phi) is 8.58. The second-order valence-corrected chi connectivity index (χ2v) is 11.0. The molecule has 0 saturated carbocycles. The number of carbonyl (C=O) groups is 2. The highest BCUT2D eigenvalue weighted by atomic mass is 16.2. The summed E-state index contributed by atoms with van der Waals surface area (Å²) in [6.07, 6.45) is 2.61. The Hall–Kier alpha value is -3.56. The highest BCUT2D eigenvalue weighted by Crippen LogP contribution is 2.31. The summed E-state index contributed by atoms with van der Waals surface area (Å²) in [5, 5.41) is 6.69. The van der Waals surface area contributed by atoms with Crippen LogP contribution in [0.2, 0.25) is 0 Å². The zero-order valence-electron chi connectivity index (χ0n) is 23.1. The van der Waals surface area contributed by atoms with E-state index < -0.39 is 5.54 Å². The maximum atomic E-state index is 12.7. The van der Waals surface area contributed by atoms with Crippen LogP contribution < -0.4 is 15.5 Å². The lowest BCUT2D eigenvalue weighted by molar-refractivity contribution is -0.116. The number of carbonyl (C=O) groups excluding carboxylic acids is 2. The van der Waals surface area contributed by atoms with E-state index in [1.807, 2.05) is 63.2 Å². The van der Waals surface area contributed by atoms with Gasteiger partial charge >= 0.3 is 6.03 Å². The van der Waals surface area contributed by atoms with Gasteiger partial charge in [0.25, 0.3) is 0 Å². The molecule has 1 saturated heterocycles. The topological polar surface area (TPSA) is 93.7 Å². The second kappa shape index (κ2) is 11.9. The van der Waals surface area contributed by atoms with Crippen LogP contribution in [0.5, 0.6) is 0 Å². The maximum Gasteiger partial charge on any atom is 0.320 e. The summed E-state index contributed by atoms with van der Waals surface area (Å²) >= 11 is 0. The van der Waals surface area contributed by atoms with Crippen molar-refractivity contribution in [3.63, 3.8) is 0 Å². The Morgan fingerprint density at radius 1 is 1.05 bits per heavy atom. The predicted molar refractivity (Wildman–Crippen MR) is 153 cm³/mol. The number of anilines is 2. The molecule has 202 valence electrons. The molecule has 38 heavy (non-hydrogen) atoms. The fourth-order valence-electron chi connectivity index (χ4n) is 4.57. The normalized spacial score (nSPS) is 14.9. The Labute approximate surface area is 225 Å². The molecule has 1 aliphatic rings. The van der Waals surface area contributed by atoms with E-state index in [2.05, 4.69) is 32.5 Å². The van der Waals surface area contributed by atoms with Crippen LogP contribution in [0.1, 0.15) is 34.1 Å². The molecular formula is C29H39N7O2. The van der Waals surface area contributed by atoms with Gasteiger partial charge in [0.05, 0.1) is 5.52 Å². The Balaban J connectivity index is 1.60. The lowest BCUT2D eigenvalue weighted by Crippen LogP contribution is -2.45. The number of aromatic nitrogens is 2. The van der Waals surface area contributed by atoms with Gasteiger partial charge < -0.3 is 15.1 Å². The minimum absolute atomic E-state index is 0.0564. The van der Waals surface area contributed by atoms with Crippen LogP contribution in [-0.4, -0.2) is 83.6 Å². The molecule has 3 heterocycles. The monoisotopic (exact) mass is 517 g/mol. The molecular weight excluding hydrogens is 478 g/mol. The van der Waals surface area contributed by atoms with Crippen molar-refractivity contribution in [1.82, 2.24) is 25.1 Å². The van der Waals surface area contributed by atoms with Crippen LogP contribution in [-0.2, 0) is 4.79 Å². The zero-order valence-corrected chi connectivity index (χ0v) is 23.1. The SMILES string of the molecule is CC(=O)N(CCCN1CCN(C)CC1)c1cc2nc(NC(=O)NC(C)(C)C)c(-c3ccccc3)cc2cn1. The summed E-state index contributed by atoms with van der Waals surface area (Å²) in [5.74, 6) is 0.958.